The van der Waals surface area contributed by atoms with Gasteiger partial charge in [0, 0.05) is 18.3 Å². The van der Waals surface area contributed by atoms with Crippen molar-refractivity contribution in [2.24, 2.45) is 0 Å². The number of nitrogens with zero attached hydrogens (tertiary/aromatic N) is 2. The van der Waals surface area contributed by atoms with E-state index in [4.69, 9.17) is 14.7 Å². The fraction of sp³-hybridized carbons (Fsp3) is 0. The van der Waals surface area contributed by atoms with Gasteiger partial charge in [-0.25, -0.2) is 9.97 Å². The van der Waals surface area contributed by atoms with Crippen LogP contribution >= 0.6 is 67.9 Å². The Morgan fingerprint density at radius 2 is 0.970 bits per heavy atom. The van der Waals surface area contributed by atoms with Gasteiger partial charge in [-0.2, -0.15) is 0 Å². The molecule has 6 aromatic rings. The Morgan fingerprint density at radius 3 is 1.39 bits per heavy atom. The summed E-state index contributed by atoms with van der Waals surface area (Å²) in [7, 11) is 0. The molecule has 33 heavy (non-hydrogen) atoms. The van der Waals surface area contributed by atoms with E-state index in [0.717, 1.165) is 43.7 Å². The van der Waals surface area contributed by atoms with Crippen LogP contribution in [0.4, 0.5) is 0 Å². The SMILES string of the molecule is Ic1ccc2sc(-c3ccc(Oc4ccc(-c5nc6cc(I)ccc6s5)cc4)cc3)nc2c1. The van der Waals surface area contributed by atoms with Gasteiger partial charge in [0.1, 0.15) is 21.5 Å². The molecule has 0 bridgehead atoms. The molecule has 0 fully saturated rings. The largest absolute Gasteiger partial charge is 0.457 e. The first kappa shape index (κ1) is 21.5. The molecule has 160 valence electrons. The van der Waals surface area contributed by atoms with Crippen molar-refractivity contribution in [2.45, 2.75) is 0 Å². The maximum Gasteiger partial charge on any atom is 0.127 e. The first-order valence-corrected chi connectivity index (χ1v) is 13.9. The highest BCUT2D eigenvalue weighted by Crippen LogP contribution is 2.34. The van der Waals surface area contributed by atoms with Gasteiger partial charge in [0.25, 0.3) is 0 Å². The number of ether oxygens (including phenoxy) is 1. The number of hydrogen-bond acceptors (Lipinski definition) is 5. The molecule has 0 aliphatic rings. The van der Waals surface area contributed by atoms with Crippen molar-refractivity contribution in [1.82, 2.24) is 9.97 Å². The van der Waals surface area contributed by atoms with Crippen LogP contribution in [0.2, 0.25) is 0 Å². The molecule has 2 aromatic heterocycles. The van der Waals surface area contributed by atoms with E-state index in [1.165, 1.54) is 16.5 Å². The van der Waals surface area contributed by atoms with Crippen molar-refractivity contribution in [3.63, 3.8) is 0 Å². The summed E-state index contributed by atoms with van der Waals surface area (Å²) in [4.78, 5) is 9.57. The second-order valence-corrected chi connectivity index (χ2v) is 12.0. The fourth-order valence-corrected chi connectivity index (χ4v) is 6.37. The van der Waals surface area contributed by atoms with Crippen LogP contribution in [0.1, 0.15) is 0 Å². The molecule has 0 saturated carbocycles. The molecular formula is C26H14I2N2OS2. The number of benzene rings is 4. The number of aromatic nitrogens is 2. The first-order chi connectivity index (χ1) is 16.1. The molecule has 0 amide bonds. The zero-order valence-electron chi connectivity index (χ0n) is 17.0. The summed E-state index contributed by atoms with van der Waals surface area (Å²) in [6.45, 7) is 0. The van der Waals surface area contributed by atoms with E-state index in [1.807, 2.05) is 24.3 Å². The van der Waals surface area contributed by atoms with Crippen molar-refractivity contribution >= 4 is 88.3 Å². The van der Waals surface area contributed by atoms with Gasteiger partial charge in [0.05, 0.1) is 20.4 Å². The number of thiazole rings is 2. The molecule has 0 N–H and O–H groups in total. The molecule has 0 unspecified atom stereocenters. The van der Waals surface area contributed by atoms with Crippen molar-refractivity contribution in [3.05, 3.63) is 92.1 Å². The predicted molar refractivity (Wildman–Crippen MR) is 156 cm³/mol. The highest BCUT2D eigenvalue weighted by molar-refractivity contribution is 14.1. The summed E-state index contributed by atoms with van der Waals surface area (Å²) in [5, 5.41) is 2.04. The quantitative estimate of drug-likeness (QED) is 0.173. The van der Waals surface area contributed by atoms with E-state index in [0.29, 0.717) is 0 Å². The topological polar surface area (TPSA) is 35.0 Å². The summed E-state index contributed by atoms with van der Waals surface area (Å²) in [6, 6.07) is 29.0. The van der Waals surface area contributed by atoms with Crippen molar-refractivity contribution in [1.29, 1.82) is 0 Å². The number of rotatable bonds is 4. The number of halogens is 2. The van der Waals surface area contributed by atoms with E-state index in [1.54, 1.807) is 22.7 Å². The number of hydrogen-bond donors (Lipinski definition) is 0. The molecule has 0 radical (unpaired) electrons. The van der Waals surface area contributed by atoms with Gasteiger partial charge in [-0.3, -0.25) is 0 Å². The minimum atomic E-state index is 0.803. The maximum absolute atomic E-state index is 6.07. The molecule has 0 saturated heterocycles. The molecular weight excluding hydrogens is 674 g/mol. The molecule has 0 aliphatic heterocycles. The summed E-state index contributed by atoms with van der Waals surface area (Å²) in [5.74, 6) is 1.61. The van der Waals surface area contributed by atoms with Gasteiger partial charge in [-0.15, -0.1) is 22.7 Å². The van der Waals surface area contributed by atoms with Gasteiger partial charge >= 0.3 is 0 Å². The van der Waals surface area contributed by atoms with Crippen LogP contribution in [0.5, 0.6) is 11.5 Å². The second kappa shape index (κ2) is 8.94. The highest BCUT2D eigenvalue weighted by atomic mass is 127. The van der Waals surface area contributed by atoms with E-state index in [2.05, 4.69) is 106 Å². The van der Waals surface area contributed by atoms with Gasteiger partial charge < -0.3 is 4.74 Å². The Kier molecular flexibility index (Phi) is 5.81. The van der Waals surface area contributed by atoms with Crippen molar-refractivity contribution in [2.75, 3.05) is 0 Å². The highest BCUT2D eigenvalue weighted by Gasteiger charge is 2.09. The first-order valence-electron chi connectivity index (χ1n) is 10.1. The van der Waals surface area contributed by atoms with E-state index in [-0.39, 0.29) is 0 Å². The third-order valence-corrected chi connectivity index (χ3v) is 8.65. The van der Waals surface area contributed by atoms with E-state index >= 15 is 0 Å². The third-order valence-electron chi connectivity index (χ3n) is 5.14. The summed E-state index contributed by atoms with van der Waals surface area (Å²) in [6.07, 6.45) is 0. The lowest BCUT2D eigenvalue weighted by Gasteiger charge is -2.07. The Morgan fingerprint density at radius 1 is 0.545 bits per heavy atom. The average molecular weight is 688 g/mol. The molecule has 3 nitrogen and oxygen atoms in total. The molecule has 2 heterocycles. The molecule has 6 rings (SSSR count). The molecule has 7 heteroatoms. The fourth-order valence-electron chi connectivity index (χ4n) is 3.52. The Labute approximate surface area is 225 Å². The molecule has 0 aliphatic carbocycles. The average Bonchev–Trinajstić information content (AvgIpc) is 3.43. The van der Waals surface area contributed by atoms with E-state index in [9.17, 15) is 0 Å². The number of fused-ring (bicyclic) bond motifs is 2. The van der Waals surface area contributed by atoms with Crippen LogP contribution in [-0.4, -0.2) is 9.97 Å². The maximum atomic E-state index is 6.07. The molecule has 0 atom stereocenters. The third kappa shape index (κ3) is 4.51. The van der Waals surface area contributed by atoms with Crippen LogP contribution in [0.3, 0.4) is 0 Å². The van der Waals surface area contributed by atoms with Gasteiger partial charge in [0.2, 0.25) is 0 Å². The Hall–Kier alpha value is -2.08. The van der Waals surface area contributed by atoms with Crippen LogP contribution in [0.15, 0.2) is 84.9 Å². The summed E-state index contributed by atoms with van der Waals surface area (Å²) < 4.78 is 10.9. The standard InChI is InChI=1S/C26H14I2N2OS2/c27-17-5-11-23-21(13-17)29-25(32-23)15-1-7-19(8-2-15)31-20-9-3-16(4-10-20)26-30-22-14-18(28)6-12-24(22)33-26/h1-14H. The lowest BCUT2D eigenvalue weighted by atomic mass is 10.2. The zero-order valence-corrected chi connectivity index (χ0v) is 22.9. The van der Waals surface area contributed by atoms with Crippen LogP contribution in [-0.2, 0) is 0 Å². The summed E-state index contributed by atoms with van der Waals surface area (Å²) >= 11 is 8.06. The lowest BCUT2D eigenvalue weighted by molar-refractivity contribution is 0.483. The predicted octanol–water partition coefficient (Wildman–Crippen LogP) is 9.24. The van der Waals surface area contributed by atoms with Crippen molar-refractivity contribution in [3.8, 4) is 32.6 Å². The van der Waals surface area contributed by atoms with Gasteiger partial charge in [0.15, 0.2) is 0 Å². The molecule has 4 aromatic carbocycles. The zero-order chi connectivity index (χ0) is 22.4. The Bertz CT molecular complexity index is 1480. The lowest BCUT2D eigenvalue weighted by Crippen LogP contribution is -1.85. The van der Waals surface area contributed by atoms with Crippen LogP contribution < -0.4 is 4.74 Å². The molecule has 0 spiro atoms. The Balaban J connectivity index is 1.19. The van der Waals surface area contributed by atoms with E-state index < -0.39 is 0 Å². The van der Waals surface area contributed by atoms with Crippen LogP contribution in [0, 0.1) is 7.14 Å². The van der Waals surface area contributed by atoms with Crippen LogP contribution in [0.25, 0.3) is 41.6 Å². The van der Waals surface area contributed by atoms with Gasteiger partial charge in [-0.1, -0.05) is 0 Å². The monoisotopic (exact) mass is 688 g/mol. The smallest absolute Gasteiger partial charge is 0.127 e. The second-order valence-electron chi connectivity index (χ2n) is 7.41. The normalized spacial score (nSPS) is 11.3. The van der Waals surface area contributed by atoms with Crippen molar-refractivity contribution < 1.29 is 4.74 Å². The summed E-state index contributed by atoms with van der Waals surface area (Å²) in [5.41, 5.74) is 4.29. The minimum Gasteiger partial charge on any atom is -0.457 e. The van der Waals surface area contributed by atoms with Gasteiger partial charge in [-0.05, 0) is 130 Å². The minimum absolute atomic E-state index is 0.803.